The fraction of sp³-hybridized carbons (Fsp3) is 0.333. The standard InChI is InChI=1S/C21H25N5O4/c1-14-4-7-17(8-5-14)24-21(28)23-12-15-3-2-10-25(13-15)18-9-6-16(20(22)27)11-19(18)26(29)30/h4-9,11,15H,2-3,10,12-13H2,1H3,(H2,22,27)(H2,23,24,28). The molecule has 2 aromatic carbocycles. The lowest BCUT2D eigenvalue weighted by Crippen LogP contribution is -2.42. The van der Waals surface area contributed by atoms with Gasteiger partial charge in [0, 0.05) is 37.0 Å². The molecule has 1 atom stereocenters. The van der Waals surface area contributed by atoms with Gasteiger partial charge in [0.05, 0.1) is 4.92 Å². The molecule has 2 aromatic rings. The number of hydrogen-bond donors (Lipinski definition) is 3. The molecule has 3 rings (SSSR count). The van der Waals surface area contributed by atoms with Gasteiger partial charge in [0.2, 0.25) is 5.91 Å². The molecular weight excluding hydrogens is 386 g/mol. The number of urea groups is 1. The fourth-order valence-electron chi connectivity index (χ4n) is 3.59. The Labute approximate surface area is 174 Å². The quantitative estimate of drug-likeness (QED) is 0.497. The number of anilines is 2. The van der Waals surface area contributed by atoms with Gasteiger partial charge in [-0.1, -0.05) is 17.7 Å². The normalized spacial score (nSPS) is 16.0. The maximum absolute atomic E-state index is 12.2. The first-order valence-corrected chi connectivity index (χ1v) is 9.78. The molecule has 1 unspecified atom stereocenters. The predicted octanol–water partition coefficient (Wildman–Crippen LogP) is 3.04. The number of rotatable bonds is 6. The molecule has 0 aliphatic carbocycles. The van der Waals surface area contributed by atoms with Crippen LogP contribution in [0.4, 0.5) is 21.9 Å². The third-order valence-electron chi connectivity index (χ3n) is 5.18. The number of carbonyl (C=O) groups excluding carboxylic acids is 2. The minimum absolute atomic E-state index is 0.105. The Morgan fingerprint density at radius 3 is 2.63 bits per heavy atom. The molecule has 9 heteroatoms. The Hall–Kier alpha value is -3.62. The third-order valence-corrected chi connectivity index (χ3v) is 5.18. The van der Waals surface area contributed by atoms with Crippen molar-refractivity contribution in [2.75, 3.05) is 29.9 Å². The summed E-state index contributed by atoms with van der Waals surface area (Å²) in [5.41, 5.74) is 7.49. The number of benzene rings is 2. The molecule has 1 saturated heterocycles. The van der Waals surface area contributed by atoms with Crippen LogP contribution in [-0.2, 0) is 0 Å². The van der Waals surface area contributed by atoms with E-state index in [1.165, 1.54) is 12.1 Å². The monoisotopic (exact) mass is 411 g/mol. The summed E-state index contributed by atoms with van der Waals surface area (Å²) >= 11 is 0. The molecule has 0 bridgehead atoms. The van der Waals surface area contributed by atoms with Crippen molar-refractivity contribution in [3.63, 3.8) is 0 Å². The maximum atomic E-state index is 12.2. The largest absolute Gasteiger partial charge is 0.366 e. The molecule has 0 saturated carbocycles. The van der Waals surface area contributed by atoms with Gasteiger partial charge < -0.3 is 21.3 Å². The van der Waals surface area contributed by atoms with Crippen LogP contribution in [0.5, 0.6) is 0 Å². The zero-order valence-corrected chi connectivity index (χ0v) is 16.8. The minimum Gasteiger partial charge on any atom is -0.366 e. The number of hydrogen-bond acceptors (Lipinski definition) is 5. The van der Waals surface area contributed by atoms with Gasteiger partial charge in [0.25, 0.3) is 5.69 Å². The molecule has 30 heavy (non-hydrogen) atoms. The number of nitrogens with two attached hydrogens (primary N) is 1. The molecule has 0 spiro atoms. The molecule has 1 aliphatic heterocycles. The van der Waals surface area contributed by atoms with Crippen molar-refractivity contribution < 1.29 is 14.5 Å². The third kappa shape index (κ3) is 5.25. The van der Waals surface area contributed by atoms with Gasteiger partial charge in [0.1, 0.15) is 5.69 Å². The first kappa shape index (κ1) is 21.1. The average molecular weight is 411 g/mol. The summed E-state index contributed by atoms with van der Waals surface area (Å²) in [7, 11) is 0. The van der Waals surface area contributed by atoms with Crippen molar-refractivity contribution in [2.24, 2.45) is 11.7 Å². The van der Waals surface area contributed by atoms with E-state index in [2.05, 4.69) is 10.6 Å². The van der Waals surface area contributed by atoms with E-state index in [1.54, 1.807) is 6.07 Å². The van der Waals surface area contributed by atoms with Gasteiger partial charge in [-0.3, -0.25) is 14.9 Å². The predicted molar refractivity (Wildman–Crippen MR) is 115 cm³/mol. The number of nitrogens with one attached hydrogen (secondary N) is 2. The molecule has 1 heterocycles. The average Bonchev–Trinajstić information content (AvgIpc) is 2.73. The van der Waals surface area contributed by atoms with E-state index < -0.39 is 10.8 Å². The van der Waals surface area contributed by atoms with Crippen molar-refractivity contribution in [3.05, 3.63) is 63.7 Å². The number of nitro groups is 1. The molecule has 4 N–H and O–H groups in total. The highest BCUT2D eigenvalue weighted by molar-refractivity contribution is 5.94. The first-order chi connectivity index (χ1) is 14.3. The van der Waals surface area contributed by atoms with Crippen LogP contribution >= 0.6 is 0 Å². The van der Waals surface area contributed by atoms with Crippen molar-refractivity contribution in [1.29, 1.82) is 0 Å². The van der Waals surface area contributed by atoms with Crippen LogP contribution in [0, 0.1) is 23.0 Å². The number of carbonyl (C=O) groups is 2. The van der Waals surface area contributed by atoms with Gasteiger partial charge in [-0.15, -0.1) is 0 Å². The van der Waals surface area contributed by atoms with Crippen LogP contribution in [0.25, 0.3) is 0 Å². The molecular formula is C21H25N5O4. The summed E-state index contributed by atoms with van der Waals surface area (Å²) < 4.78 is 0. The molecule has 9 nitrogen and oxygen atoms in total. The fourth-order valence-corrected chi connectivity index (χ4v) is 3.59. The number of amides is 3. The molecule has 1 fully saturated rings. The second-order valence-electron chi connectivity index (χ2n) is 7.48. The second-order valence-corrected chi connectivity index (χ2v) is 7.48. The maximum Gasteiger partial charge on any atom is 0.319 e. The van der Waals surface area contributed by atoms with E-state index in [0.717, 1.165) is 18.4 Å². The van der Waals surface area contributed by atoms with Gasteiger partial charge in [-0.2, -0.15) is 0 Å². The Kier molecular flexibility index (Phi) is 6.51. The minimum atomic E-state index is -0.704. The summed E-state index contributed by atoms with van der Waals surface area (Å²) in [6.07, 6.45) is 1.76. The number of nitrogens with zero attached hydrogens (tertiary/aromatic N) is 2. The Morgan fingerprint density at radius 1 is 1.23 bits per heavy atom. The van der Waals surface area contributed by atoms with Crippen molar-refractivity contribution in [2.45, 2.75) is 19.8 Å². The number of piperidine rings is 1. The van der Waals surface area contributed by atoms with E-state index in [0.29, 0.717) is 31.0 Å². The van der Waals surface area contributed by atoms with Crippen molar-refractivity contribution >= 4 is 29.0 Å². The van der Waals surface area contributed by atoms with E-state index in [1.807, 2.05) is 36.1 Å². The van der Waals surface area contributed by atoms with Gasteiger partial charge in [0.15, 0.2) is 0 Å². The van der Waals surface area contributed by atoms with E-state index in [4.69, 9.17) is 5.73 Å². The van der Waals surface area contributed by atoms with Crippen molar-refractivity contribution in [1.82, 2.24) is 5.32 Å². The topological polar surface area (TPSA) is 131 Å². The van der Waals surface area contributed by atoms with Gasteiger partial charge in [-0.25, -0.2) is 4.79 Å². The molecule has 0 aromatic heterocycles. The highest BCUT2D eigenvalue weighted by Gasteiger charge is 2.26. The van der Waals surface area contributed by atoms with Crippen LogP contribution < -0.4 is 21.3 Å². The summed E-state index contributed by atoms with van der Waals surface area (Å²) in [6, 6.07) is 11.5. The van der Waals surface area contributed by atoms with E-state index in [-0.39, 0.29) is 23.2 Å². The van der Waals surface area contributed by atoms with Crippen LogP contribution in [-0.4, -0.2) is 36.5 Å². The van der Waals surface area contributed by atoms with Crippen LogP contribution in [0.3, 0.4) is 0 Å². The summed E-state index contributed by atoms with van der Waals surface area (Å²) in [5, 5.41) is 17.2. The molecule has 0 radical (unpaired) electrons. The van der Waals surface area contributed by atoms with Crippen LogP contribution in [0.1, 0.15) is 28.8 Å². The lowest BCUT2D eigenvalue weighted by Gasteiger charge is -2.34. The summed E-state index contributed by atoms with van der Waals surface area (Å²) in [6.45, 7) is 3.68. The van der Waals surface area contributed by atoms with Gasteiger partial charge in [-0.05, 0) is 49.9 Å². The number of primary amides is 1. The molecule has 3 amide bonds. The number of aryl methyl sites for hydroxylation is 1. The van der Waals surface area contributed by atoms with E-state index >= 15 is 0 Å². The summed E-state index contributed by atoms with van der Waals surface area (Å²) in [4.78, 5) is 36.4. The second kappa shape index (κ2) is 9.25. The lowest BCUT2D eigenvalue weighted by atomic mass is 9.97. The molecule has 1 aliphatic rings. The first-order valence-electron chi connectivity index (χ1n) is 9.78. The highest BCUT2D eigenvalue weighted by Crippen LogP contribution is 2.32. The lowest BCUT2D eigenvalue weighted by molar-refractivity contribution is -0.384. The SMILES string of the molecule is Cc1ccc(NC(=O)NCC2CCCN(c3ccc(C(N)=O)cc3[N+](=O)[O-])C2)cc1. The van der Waals surface area contributed by atoms with E-state index in [9.17, 15) is 19.7 Å². The van der Waals surface area contributed by atoms with Crippen molar-refractivity contribution in [3.8, 4) is 0 Å². The Morgan fingerprint density at radius 2 is 1.97 bits per heavy atom. The van der Waals surface area contributed by atoms with Crippen LogP contribution in [0.2, 0.25) is 0 Å². The van der Waals surface area contributed by atoms with Crippen LogP contribution in [0.15, 0.2) is 42.5 Å². The zero-order chi connectivity index (χ0) is 21.7. The summed E-state index contributed by atoms with van der Waals surface area (Å²) in [5.74, 6) is -0.553. The van der Waals surface area contributed by atoms with Gasteiger partial charge >= 0.3 is 6.03 Å². The Balaban J connectivity index is 1.61. The Bertz CT molecular complexity index is 945. The molecule has 158 valence electrons. The zero-order valence-electron chi connectivity index (χ0n) is 16.8. The smallest absolute Gasteiger partial charge is 0.319 e. The number of nitro benzene ring substituents is 1. The highest BCUT2D eigenvalue weighted by atomic mass is 16.6.